The van der Waals surface area contributed by atoms with Gasteiger partial charge >= 0.3 is 0 Å². The Morgan fingerprint density at radius 3 is 2.61 bits per heavy atom. The van der Waals surface area contributed by atoms with E-state index in [-0.39, 0.29) is 11.6 Å². The third-order valence-electron chi connectivity index (χ3n) is 3.42. The Morgan fingerprint density at radius 1 is 1.22 bits per heavy atom. The molecule has 0 spiro atoms. The highest BCUT2D eigenvalue weighted by molar-refractivity contribution is 6.01. The van der Waals surface area contributed by atoms with Gasteiger partial charge in [-0.3, -0.25) is 4.79 Å². The van der Waals surface area contributed by atoms with Gasteiger partial charge in [0.25, 0.3) is 5.91 Å². The van der Waals surface area contributed by atoms with E-state index in [1.807, 2.05) is 55.5 Å². The lowest BCUT2D eigenvalue weighted by Crippen LogP contribution is -2.27. The molecule has 2 aromatic rings. The van der Waals surface area contributed by atoms with Crippen LogP contribution in [0.25, 0.3) is 6.08 Å². The molecule has 0 aliphatic heterocycles. The van der Waals surface area contributed by atoms with Crippen molar-refractivity contribution in [3.8, 4) is 11.8 Å². The monoisotopic (exact) mass is 306 g/mol. The molecule has 0 aromatic heterocycles. The van der Waals surface area contributed by atoms with Crippen molar-refractivity contribution in [3.63, 3.8) is 0 Å². The molecule has 0 radical (unpaired) electrons. The summed E-state index contributed by atoms with van der Waals surface area (Å²) in [5.41, 5.74) is 1.78. The van der Waals surface area contributed by atoms with Crippen LogP contribution in [0.1, 0.15) is 24.1 Å². The first-order chi connectivity index (χ1) is 11.1. The van der Waals surface area contributed by atoms with Crippen molar-refractivity contribution in [2.45, 2.75) is 13.0 Å². The first kappa shape index (κ1) is 16.3. The summed E-state index contributed by atoms with van der Waals surface area (Å²) in [6.07, 6.45) is 1.55. The maximum atomic E-state index is 12.3. The summed E-state index contributed by atoms with van der Waals surface area (Å²) in [5.74, 6) is 0.278. The topological polar surface area (TPSA) is 62.1 Å². The van der Waals surface area contributed by atoms with Crippen molar-refractivity contribution in [3.05, 3.63) is 71.3 Å². The molecule has 2 aromatic carbocycles. The maximum Gasteiger partial charge on any atom is 0.262 e. The number of carbonyl (C=O) groups is 1. The fourth-order valence-electron chi connectivity index (χ4n) is 2.15. The Kier molecular flexibility index (Phi) is 5.54. The Bertz CT molecular complexity index is 745. The van der Waals surface area contributed by atoms with E-state index < -0.39 is 5.91 Å². The van der Waals surface area contributed by atoms with Crippen LogP contribution in [0.4, 0.5) is 0 Å². The number of nitrogens with one attached hydrogen (secondary N) is 1. The third-order valence-corrected chi connectivity index (χ3v) is 3.42. The van der Waals surface area contributed by atoms with Gasteiger partial charge in [-0.25, -0.2) is 0 Å². The summed E-state index contributed by atoms with van der Waals surface area (Å²) in [6, 6.07) is 18.6. The number of hydrogen-bond donors (Lipinski definition) is 1. The average molecular weight is 306 g/mol. The molecule has 23 heavy (non-hydrogen) atoms. The Labute approximate surface area is 136 Å². The summed E-state index contributed by atoms with van der Waals surface area (Å²) in [4.78, 5) is 12.3. The zero-order chi connectivity index (χ0) is 16.7. The molecule has 1 unspecified atom stereocenters. The normalized spacial score (nSPS) is 12.1. The van der Waals surface area contributed by atoms with Crippen LogP contribution >= 0.6 is 0 Å². The first-order valence-electron chi connectivity index (χ1n) is 7.25. The summed E-state index contributed by atoms with van der Waals surface area (Å²) in [7, 11) is 1.57. The second kappa shape index (κ2) is 7.81. The number of nitrogens with zero attached hydrogens (tertiary/aromatic N) is 1. The lowest BCUT2D eigenvalue weighted by Gasteiger charge is -2.13. The van der Waals surface area contributed by atoms with Gasteiger partial charge in [0.1, 0.15) is 17.4 Å². The van der Waals surface area contributed by atoms with Gasteiger partial charge in [0.15, 0.2) is 0 Å². The number of rotatable bonds is 5. The van der Waals surface area contributed by atoms with E-state index in [2.05, 4.69) is 5.32 Å². The van der Waals surface area contributed by atoms with Crippen molar-refractivity contribution in [1.82, 2.24) is 5.32 Å². The molecule has 0 bridgehead atoms. The number of amides is 1. The van der Waals surface area contributed by atoms with Crippen LogP contribution in [0.15, 0.2) is 60.2 Å². The van der Waals surface area contributed by atoms with Gasteiger partial charge in [-0.05, 0) is 36.3 Å². The van der Waals surface area contributed by atoms with E-state index in [0.717, 1.165) is 11.1 Å². The smallest absolute Gasteiger partial charge is 0.262 e. The zero-order valence-electron chi connectivity index (χ0n) is 13.1. The molecule has 116 valence electrons. The molecule has 0 saturated heterocycles. The number of nitriles is 1. The molecule has 0 aliphatic rings. The molecule has 0 heterocycles. The molecule has 4 nitrogen and oxygen atoms in total. The quantitative estimate of drug-likeness (QED) is 0.679. The molecular weight excluding hydrogens is 288 g/mol. The van der Waals surface area contributed by atoms with Crippen LogP contribution in [-0.2, 0) is 4.79 Å². The van der Waals surface area contributed by atoms with E-state index >= 15 is 0 Å². The minimum absolute atomic E-state index is 0.0565. The predicted octanol–water partition coefficient (Wildman–Crippen LogP) is 3.48. The van der Waals surface area contributed by atoms with Gasteiger partial charge in [-0.2, -0.15) is 5.26 Å². The standard InChI is InChI=1S/C19H18N2O2/c1-14(16-8-4-3-5-9-16)21-19(22)17(13-20)11-15-7-6-10-18(12-15)23-2/h3-12,14H,1-2H3,(H,21,22)/b17-11+. The van der Waals surface area contributed by atoms with Gasteiger partial charge in [0.2, 0.25) is 0 Å². The molecule has 0 saturated carbocycles. The fraction of sp³-hybridized carbons (Fsp3) is 0.158. The number of hydrogen-bond acceptors (Lipinski definition) is 3. The number of ether oxygens (including phenoxy) is 1. The van der Waals surface area contributed by atoms with Gasteiger partial charge in [-0.1, -0.05) is 42.5 Å². The molecule has 0 fully saturated rings. The van der Waals surface area contributed by atoms with Crippen molar-refractivity contribution in [2.75, 3.05) is 7.11 Å². The summed E-state index contributed by atoms with van der Waals surface area (Å²) in [5, 5.41) is 12.1. The Balaban J connectivity index is 2.15. The molecule has 1 N–H and O–H groups in total. The van der Waals surface area contributed by atoms with Crippen molar-refractivity contribution in [2.24, 2.45) is 0 Å². The average Bonchev–Trinajstić information content (AvgIpc) is 2.60. The fourth-order valence-corrected chi connectivity index (χ4v) is 2.15. The van der Waals surface area contributed by atoms with Crippen molar-refractivity contribution >= 4 is 12.0 Å². The lowest BCUT2D eigenvalue weighted by molar-refractivity contribution is -0.117. The SMILES string of the molecule is COc1cccc(/C=C(\C#N)C(=O)NC(C)c2ccccc2)c1. The number of methoxy groups -OCH3 is 1. The minimum Gasteiger partial charge on any atom is -0.497 e. The first-order valence-corrected chi connectivity index (χ1v) is 7.25. The minimum atomic E-state index is -0.397. The third kappa shape index (κ3) is 4.45. The predicted molar refractivity (Wildman–Crippen MR) is 89.6 cm³/mol. The molecule has 4 heteroatoms. The highest BCUT2D eigenvalue weighted by atomic mass is 16.5. The molecule has 0 aliphatic carbocycles. The van der Waals surface area contributed by atoms with E-state index in [0.29, 0.717) is 5.75 Å². The second-order valence-corrected chi connectivity index (χ2v) is 5.05. The molecular formula is C19H18N2O2. The van der Waals surface area contributed by atoms with E-state index in [9.17, 15) is 10.1 Å². The van der Waals surface area contributed by atoms with Gasteiger partial charge in [0, 0.05) is 0 Å². The van der Waals surface area contributed by atoms with Crippen molar-refractivity contribution in [1.29, 1.82) is 5.26 Å². The van der Waals surface area contributed by atoms with E-state index in [4.69, 9.17) is 4.74 Å². The summed E-state index contributed by atoms with van der Waals surface area (Å²) in [6.45, 7) is 1.88. The van der Waals surface area contributed by atoms with Gasteiger partial charge in [-0.15, -0.1) is 0 Å². The molecule has 1 atom stereocenters. The zero-order valence-corrected chi connectivity index (χ0v) is 13.1. The lowest BCUT2D eigenvalue weighted by atomic mass is 10.1. The maximum absolute atomic E-state index is 12.3. The van der Waals surface area contributed by atoms with E-state index in [1.165, 1.54) is 0 Å². The summed E-state index contributed by atoms with van der Waals surface area (Å²) >= 11 is 0. The largest absolute Gasteiger partial charge is 0.497 e. The second-order valence-electron chi connectivity index (χ2n) is 5.05. The Hall–Kier alpha value is -3.06. The van der Waals surface area contributed by atoms with Gasteiger partial charge < -0.3 is 10.1 Å². The van der Waals surface area contributed by atoms with Crippen molar-refractivity contribution < 1.29 is 9.53 Å². The molecule has 1 amide bonds. The van der Waals surface area contributed by atoms with Crippen LogP contribution in [0, 0.1) is 11.3 Å². The molecule has 2 rings (SSSR count). The van der Waals surface area contributed by atoms with E-state index in [1.54, 1.807) is 25.3 Å². The number of benzene rings is 2. The van der Waals surface area contributed by atoms with Crippen LogP contribution in [0.3, 0.4) is 0 Å². The highest BCUT2D eigenvalue weighted by Gasteiger charge is 2.13. The van der Waals surface area contributed by atoms with Crippen LogP contribution < -0.4 is 10.1 Å². The summed E-state index contributed by atoms with van der Waals surface area (Å²) < 4.78 is 5.14. The number of carbonyl (C=O) groups excluding carboxylic acids is 1. The highest BCUT2D eigenvalue weighted by Crippen LogP contribution is 2.16. The van der Waals surface area contributed by atoms with Crippen LogP contribution in [-0.4, -0.2) is 13.0 Å². The Morgan fingerprint density at radius 2 is 1.96 bits per heavy atom. The van der Waals surface area contributed by atoms with Crippen LogP contribution in [0.2, 0.25) is 0 Å². The van der Waals surface area contributed by atoms with Gasteiger partial charge in [0.05, 0.1) is 13.2 Å². The van der Waals surface area contributed by atoms with Crippen LogP contribution in [0.5, 0.6) is 5.75 Å².